The minimum atomic E-state index is -0.145. The first kappa shape index (κ1) is 15.4. The normalized spacial score (nSPS) is 15.1. The molecule has 0 aromatic carbocycles. The average Bonchev–Trinajstić information content (AvgIpc) is 2.62. The van der Waals surface area contributed by atoms with Gasteiger partial charge in [0, 0.05) is 50.0 Å². The highest BCUT2D eigenvalue weighted by atomic mass is 16.5. The summed E-state index contributed by atoms with van der Waals surface area (Å²) in [7, 11) is 0. The number of pyridine rings is 2. The Morgan fingerprint density at radius 3 is 2.78 bits per heavy atom. The molecule has 0 aliphatic carbocycles. The number of hydrogen-bond donors (Lipinski definition) is 2. The van der Waals surface area contributed by atoms with E-state index in [0.29, 0.717) is 19.8 Å². The van der Waals surface area contributed by atoms with E-state index in [1.807, 2.05) is 24.3 Å². The van der Waals surface area contributed by atoms with Gasteiger partial charge in [0.1, 0.15) is 0 Å². The van der Waals surface area contributed by atoms with Gasteiger partial charge >= 0.3 is 6.03 Å². The molecule has 2 aromatic heterocycles. The first-order valence-corrected chi connectivity index (χ1v) is 7.79. The SMILES string of the molecule is O=C(NCc1ccc(-c2cccnc2)nc1)NC1CCOCC1. The third-order valence-corrected chi connectivity index (χ3v) is 3.79. The molecule has 0 saturated carbocycles. The molecular formula is C17H20N4O2. The lowest BCUT2D eigenvalue weighted by Crippen LogP contribution is -2.44. The fourth-order valence-electron chi connectivity index (χ4n) is 2.47. The molecule has 120 valence electrons. The van der Waals surface area contributed by atoms with Crippen molar-refractivity contribution in [1.29, 1.82) is 0 Å². The predicted molar refractivity (Wildman–Crippen MR) is 86.7 cm³/mol. The van der Waals surface area contributed by atoms with Crippen LogP contribution in [0.2, 0.25) is 0 Å². The fourth-order valence-corrected chi connectivity index (χ4v) is 2.47. The Kier molecular flexibility index (Phi) is 5.16. The molecule has 2 aromatic rings. The molecular weight excluding hydrogens is 292 g/mol. The number of nitrogens with zero attached hydrogens (tertiary/aromatic N) is 2. The van der Waals surface area contributed by atoms with E-state index in [4.69, 9.17) is 4.74 Å². The van der Waals surface area contributed by atoms with Crippen molar-refractivity contribution in [3.63, 3.8) is 0 Å². The van der Waals surface area contributed by atoms with Crippen LogP contribution >= 0.6 is 0 Å². The van der Waals surface area contributed by atoms with Crippen LogP contribution in [-0.2, 0) is 11.3 Å². The molecule has 0 radical (unpaired) electrons. The Morgan fingerprint density at radius 2 is 2.09 bits per heavy atom. The van der Waals surface area contributed by atoms with Gasteiger partial charge in [-0.3, -0.25) is 9.97 Å². The topological polar surface area (TPSA) is 76.1 Å². The summed E-state index contributed by atoms with van der Waals surface area (Å²) in [5.41, 5.74) is 2.80. The maximum Gasteiger partial charge on any atom is 0.315 e. The number of carbonyl (C=O) groups is 1. The molecule has 3 heterocycles. The molecule has 0 unspecified atom stereocenters. The van der Waals surface area contributed by atoms with Crippen molar-refractivity contribution in [2.24, 2.45) is 0 Å². The van der Waals surface area contributed by atoms with Crippen molar-refractivity contribution >= 4 is 6.03 Å². The summed E-state index contributed by atoms with van der Waals surface area (Å²) in [6.45, 7) is 1.88. The van der Waals surface area contributed by atoms with Gasteiger partial charge in [0.15, 0.2) is 0 Å². The Labute approximate surface area is 135 Å². The highest BCUT2D eigenvalue weighted by Gasteiger charge is 2.15. The number of ether oxygens (including phenoxy) is 1. The molecule has 0 bridgehead atoms. The van der Waals surface area contributed by atoms with E-state index >= 15 is 0 Å². The molecule has 2 amide bonds. The van der Waals surface area contributed by atoms with Crippen LogP contribution in [0, 0.1) is 0 Å². The number of amides is 2. The van der Waals surface area contributed by atoms with Gasteiger partial charge in [-0.1, -0.05) is 6.07 Å². The minimum Gasteiger partial charge on any atom is -0.381 e. The molecule has 1 fully saturated rings. The molecule has 1 saturated heterocycles. The van der Waals surface area contributed by atoms with Gasteiger partial charge in [0.25, 0.3) is 0 Å². The quantitative estimate of drug-likeness (QED) is 0.906. The summed E-state index contributed by atoms with van der Waals surface area (Å²) in [6, 6.07) is 7.80. The van der Waals surface area contributed by atoms with E-state index in [9.17, 15) is 4.79 Å². The van der Waals surface area contributed by atoms with Crippen molar-refractivity contribution in [1.82, 2.24) is 20.6 Å². The maximum atomic E-state index is 11.9. The predicted octanol–water partition coefficient (Wildman–Crippen LogP) is 2.12. The van der Waals surface area contributed by atoms with Crippen molar-refractivity contribution in [2.45, 2.75) is 25.4 Å². The molecule has 6 heteroatoms. The van der Waals surface area contributed by atoms with E-state index in [1.54, 1.807) is 18.6 Å². The van der Waals surface area contributed by atoms with Crippen LogP contribution in [0.25, 0.3) is 11.3 Å². The summed E-state index contributed by atoms with van der Waals surface area (Å²) >= 11 is 0. The number of urea groups is 1. The van der Waals surface area contributed by atoms with Gasteiger partial charge < -0.3 is 15.4 Å². The molecule has 1 aliphatic heterocycles. The first-order valence-electron chi connectivity index (χ1n) is 7.79. The lowest BCUT2D eigenvalue weighted by atomic mass is 10.1. The highest BCUT2D eigenvalue weighted by Crippen LogP contribution is 2.15. The second-order valence-electron chi connectivity index (χ2n) is 5.51. The van der Waals surface area contributed by atoms with Crippen LogP contribution in [0.3, 0.4) is 0 Å². The molecule has 0 spiro atoms. The number of nitrogens with one attached hydrogen (secondary N) is 2. The van der Waals surface area contributed by atoms with Gasteiger partial charge in [0.05, 0.1) is 5.69 Å². The Morgan fingerprint density at radius 1 is 1.22 bits per heavy atom. The van der Waals surface area contributed by atoms with E-state index in [0.717, 1.165) is 29.7 Å². The number of carbonyl (C=O) groups excluding carboxylic acids is 1. The zero-order valence-corrected chi connectivity index (χ0v) is 12.9. The second-order valence-corrected chi connectivity index (χ2v) is 5.51. The number of rotatable bonds is 4. The molecule has 1 aliphatic rings. The van der Waals surface area contributed by atoms with Gasteiger partial charge in [-0.05, 0) is 36.6 Å². The summed E-state index contributed by atoms with van der Waals surface area (Å²) < 4.78 is 5.27. The second kappa shape index (κ2) is 7.69. The standard InChI is InChI=1S/C17H20N4O2/c22-17(21-15-5-8-23-9-6-15)20-11-13-3-4-16(19-10-13)14-2-1-7-18-12-14/h1-4,7,10,12,15H,5-6,8-9,11H2,(H2,20,21,22). The van der Waals surface area contributed by atoms with Crippen molar-refractivity contribution in [3.05, 3.63) is 48.4 Å². The Bertz CT molecular complexity index is 625. The molecule has 6 nitrogen and oxygen atoms in total. The molecule has 23 heavy (non-hydrogen) atoms. The van der Waals surface area contributed by atoms with Gasteiger partial charge in [-0.15, -0.1) is 0 Å². The Hall–Kier alpha value is -2.47. The number of aromatic nitrogens is 2. The van der Waals surface area contributed by atoms with Gasteiger partial charge in [-0.25, -0.2) is 4.79 Å². The lowest BCUT2D eigenvalue weighted by molar-refractivity contribution is 0.0801. The van der Waals surface area contributed by atoms with E-state index < -0.39 is 0 Å². The van der Waals surface area contributed by atoms with Crippen LogP contribution < -0.4 is 10.6 Å². The van der Waals surface area contributed by atoms with Crippen molar-refractivity contribution in [2.75, 3.05) is 13.2 Å². The van der Waals surface area contributed by atoms with E-state index in [2.05, 4.69) is 20.6 Å². The van der Waals surface area contributed by atoms with E-state index in [-0.39, 0.29) is 12.1 Å². The van der Waals surface area contributed by atoms with Crippen LogP contribution in [0.15, 0.2) is 42.9 Å². The zero-order chi connectivity index (χ0) is 15.9. The van der Waals surface area contributed by atoms with Crippen LogP contribution in [0.4, 0.5) is 4.79 Å². The van der Waals surface area contributed by atoms with E-state index in [1.165, 1.54) is 0 Å². The maximum absolute atomic E-state index is 11.9. The van der Waals surface area contributed by atoms with Gasteiger partial charge in [0.2, 0.25) is 0 Å². The lowest BCUT2D eigenvalue weighted by Gasteiger charge is -2.23. The molecule has 0 atom stereocenters. The summed E-state index contributed by atoms with van der Waals surface area (Å²) in [5.74, 6) is 0. The average molecular weight is 312 g/mol. The van der Waals surface area contributed by atoms with Crippen LogP contribution in [0.1, 0.15) is 18.4 Å². The molecule has 3 rings (SSSR count). The smallest absolute Gasteiger partial charge is 0.315 e. The van der Waals surface area contributed by atoms with Crippen molar-refractivity contribution < 1.29 is 9.53 Å². The monoisotopic (exact) mass is 312 g/mol. The first-order chi connectivity index (χ1) is 11.3. The van der Waals surface area contributed by atoms with Crippen LogP contribution in [0.5, 0.6) is 0 Å². The van der Waals surface area contributed by atoms with Crippen molar-refractivity contribution in [3.8, 4) is 11.3 Å². The highest BCUT2D eigenvalue weighted by molar-refractivity contribution is 5.74. The third kappa shape index (κ3) is 4.50. The summed E-state index contributed by atoms with van der Waals surface area (Å²) in [5, 5.41) is 5.83. The largest absolute Gasteiger partial charge is 0.381 e. The Balaban J connectivity index is 1.49. The third-order valence-electron chi connectivity index (χ3n) is 3.79. The number of hydrogen-bond acceptors (Lipinski definition) is 4. The summed E-state index contributed by atoms with van der Waals surface area (Å²) in [4.78, 5) is 20.4. The minimum absolute atomic E-state index is 0.145. The molecule has 2 N–H and O–H groups in total. The van der Waals surface area contributed by atoms with Gasteiger partial charge in [-0.2, -0.15) is 0 Å². The zero-order valence-electron chi connectivity index (χ0n) is 12.9. The van der Waals surface area contributed by atoms with Crippen LogP contribution in [-0.4, -0.2) is 35.3 Å². The summed E-state index contributed by atoms with van der Waals surface area (Å²) in [6.07, 6.45) is 7.03. The fraction of sp³-hybridized carbons (Fsp3) is 0.353.